The third-order valence-corrected chi connectivity index (χ3v) is 3.29. The smallest absolute Gasteiger partial charge is 0.0753 e. The molecule has 1 aliphatic carbocycles. The number of hydrogen-bond acceptors (Lipinski definition) is 3. The molecule has 1 rings (SSSR count). The molecule has 0 aromatic carbocycles. The quantitative estimate of drug-likeness (QED) is 0.663. The van der Waals surface area contributed by atoms with Gasteiger partial charge < -0.3 is 15.7 Å². The van der Waals surface area contributed by atoms with E-state index in [1.165, 1.54) is 13.0 Å². The Kier molecular flexibility index (Phi) is 3.93. The largest absolute Gasteiger partial charge is 0.389 e. The van der Waals surface area contributed by atoms with Gasteiger partial charge in [-0.05, 0) is 38.6 Å². The van der Waals surface area contributed by atoms with Gasteiger partial charge in [-0.2, -0.15) is 0 Å². The summed E-state index contributed by atoms with van der Waals surface area (Å²) in [5.74, 6) is 1.80. The van der Waals surface area contributed by atoms with Crippen LogP contribution >= 0.6 is 0 Å². The van der Waals surface area contributed by atoms with E-state index in [1.54, 1.807) is 6.92 Å². The van der Waals surface area contributed by atoms with Crippen LogP contribution in [-0.4, -0.2) is 42.3 Å². The summed E-state index contributed by atoms with van der Waals surface area (Å²) in [6.45, 7) is 6.56. The third-order valence-electron chi connectivity index (χ3n) is 3.29. The van der Waals surface area contributed by atoms with Gasteiger partial charge in [0.1, 0.15) is 0 Å². The molecule has 1 saturated carbocycles. The van der Waals surface area contributed by atoms with Crippen LogP contribution in [0.3, 0.4) is 0 Å². The number of aliphatic hydroxyl groups is 1. The van der Waals surface area contributed by atoms with Gasteiger partial charge in [0.05, 0.1) is 5.60 Å². The first-order valence-corrected chi connectivity index (χ1v) is 5.55. The fraction of sp³-hybridized carbons (Fsp3) is 1.00. The standard InChI is InChI=1S/C11H24N2O/c1-9-6-10(9)7-13(3)5-4-11(2,14)8-12/h9-10,14H,4-8,12H2,1-3H3. The minimum atomic E-state index is -0.691. The first-order valence-electron chi connectivity index (χ1n) is 5.55. The normalized spacial score (nSPS) is 30.4. The molecule has 0 bridgehead atoms. The zero-order valence-corrected chi connectivity index (χ0v) is 9.66. The van der Waals surface area contributed by atoms with Crippen LogP contribution in [-0.2, 0) is 0 Å². The third kappa shape index (κ3) is 3.95. The highest BCUT2D eigenvalue weighted by molar-refractivity contribution is 4.85. The van der Waals surface area contributed by atoms with E-state index in [0.29, 0.717) is 6.54 Å². The minimum Gasteiger partial charge on any atom is -0.389 e. The summed E-state index contributed by atoms with van der Waals surface area (Å²) >= 11 is 0. The maximum absolute atomic E-state index is 9.72. The molecule has 0 amide bonds. The Bertz CT molecular complexity index is 182. The molecule has 84 valence electrons. The van der Waals surface area contributed by atoms with Crippen molar-refractivity contribution >= 4 is 0 Å². The van der Waals surface area contributed by atoms with E-state index in [0.717, 1.165) is 24.8 Å². The molecular weight excluding hydrogens is 176 g/mol. The van der Waals surface area contributed by atoms with Gasteiger partial charge in [0.15, 0.2) is 0 Å². The summed E-state index contributed by atoms with van der Waals surface area (Å²) < 4.78 is 0. The topological polar surface area (TPSA) is 49.5 Å². The van der Waals surface area contributed by atoms with Crippen molar-refractivity contribution in [2.24, 2.45) is 17.6 Å². The molecule has 3 atom stereocenters. The summed E-state index contributed by atoms with van der Waals surface area (Å²) in [6, 6.07) is 0. The molecule has 0 spiro atoms. The highest BCUT2D eigenvalue weighted by Gasteiger charge is 2.33. The van der Waals surface area contributed by atoms with Gasteiger partial charge in [-0.3, -0.25) is 0 Å². The average molecular weight is 200 g/mol. The van der Waals surface area contributed by atoms with Crippen molar-refractivity contribution < 1.29 is 5.11 Å². The van der Waals surface area contributed by atoms with Gasteiger partial charge >= 0.3 is 0 Å². The molecule has 0 saturated heterocycles. The molecule has 3 heteroatoms. The van der Waals surface area contributed by atoms with Crippen LogP contribution in [0.15, 0.2) is 0 Å². The van der Waals surface area contributed by atoms with Crippen molar-refractivity contribution in [2.45, 2.75) is 32.3 Å². The van der Waals surface area contributed by atoms with Crippen molar-refractivity contribution in [3.63, 3.8) is 0 Å². The van der Waals surface area contributed by atoms with Crippen molar-refractivity contribution in [1.82, 2.24) is 4.90 Å². The van der Waals surface area contributed by atoms with Crippen LogP contribution in [0.2, 0.25) is 0 Å². The van der Waals surface area contributed by atoms with Crippen molar-refractivity contribution in [3.8, 4) is 0 Å². The minimum absolute atomic E-state index is 0.348. The second-order valence-electron chi connectivity index (χ2n) is 5.19. The maximum Gasteiger partial charge on any atom is 0.0753 e. The summed E-state index contributed by atoms with van der Waals surface area (Å²) in [5, 5.41) is 9.72. The molecule has 0 radical (unpaired) electrons. The zero-order valence-electron chi connectivity index (χ0n) is 9.66. The summed E-state index contributed by atoms with van der Waals surface area (Å²) in [4.78, 5) is 2.30. The second kappa shape index (κ2) is 4.60. The number of nitrogens with two attached hydrogens (primary N) is 1. The molecule has 3 unspecified atom stereocenters. The van der Waals surface area contributed by atoms with Crippen LogP contribution in [0.25, 0.3) is 0 Å². The molecule has 0 aliphatic heterocycles. The van der Waals surface area contributed by atoms with E-state index in [9.17, 15) is 5.11 Å². The predicted octanol–water partition coefficient (Wildman–Crippen LogP) is 0.674. The molecule has 14 heavy (non-hydrogen) atoms. The lowest BCUT2D eigenvalue weighted by atomic mass is 10.0. The number of hydrogen-bond donors (Lipinski definition) is 2. The SMILES string of the molecule is CC1CC1CN(C)CCC(C)(O)CN. The van der Waals surface area contributed by atoms with Crippen LogP contribution in [0.5, 0.6) is 0 Å². The molecule has 3 nitrogen and oxygen atoms in total. The fourth-order valence-corrected chi connectivity index (χ4v) is 1.68. The fourth-order valence-electron chi connectivity index (χ4n) is 1.68. The van der Waals surface area contributed by atoms with Gasteiger partial charge in [-0.1, -0.05) is 6.92 Å². The molecule has 0 aromatic heterocycles. The van der Waals surface area contributed by atoms with Gasteiger partial charge in [0.25, 0.3) is 0 Å². The molecule has 0 heterocycles. The predicted molar refractivity (Wildman–Crippen MR) is 59.1 cm³/mol. The summed E-state index contributed by atoms with van der Waals surface area (Å²) in [5.41, 5.74) is 4.77. The van der Waals surface area contributed by atoms with Gasteiger partial charge in [-0.15, -0.1) is 0 Å². The lowest BCUT2D eigenvalue weighted by Crippen LogP contribution is -2.38. The average Bonchev–Trinajstić information content (AvgIpc) is 2.79. The lowest BCUT2D eigenvalue weighted by Gasteiger charge is -2.24. The van der Waals surface area contributed by atoms with E-state index >= 15 is 0 Å². The number of rotatable bonds is 6. The summed E-state index contributed by atoms with van der Waals surface area (Å²) in [6.07, 6.45) is 2.14. The van der Waals surface area contributed by atoms with Crippen molar-refractivity contribution in [2.75, 3.05) is 26.7 Å². The van der Waals surface area contributed by atoms with Crippen LogP contribution < -0.4 is 5.73 Å². The Morgan fingerprint density at radius 3 is 2.57 bits per heavy atom. The number of nitrogens with zero attached hydrogens (tertiary/aromatic N) is 1. The van der Waals surface area contributed by atoms with E-state index < -0.39 is 5.60 Å². The van der Waals surface area contributed by atoms with Crippen LogP contribution in [0, 0.1) is 11.8 Å². The monoisotopic (exact) mass is 200 g/mol. The van der Waals surface area contributed by atoms with Gasteiger partial charge in [0.2, 0.25) is 0 Å². The van der Waals surface area contributed by atoms with Crippen LogP contribution in [0.1, 0.15) is 26.7 Å². The van der Waals surface area contributed by atoms with E-state index in [2.05, 4.69) is 18.9 Å². The zero-order chi connectivity index (χ0) is 10.8. The Labute approximate surface area is 87.3 Å². The Hall–Kier alpha value is -0.120. The highest BCUT2D eigenvalue weighted by Crippen LogP contribution is 2.37. The molecule has 1 fully saturated rings. The van der Waals surface area contributed by atoms with Gasteiger partial charge in [0, 0.05) is 19.6 Å². The second-order valence-corrected chi connectivity index (χ2v) is 5.19. The first-order chi connectivity index (χ1) is 6.44. The van der Waals surface area contributed by atoms with E-state index in [-0.39, 0.29) is 0 Å². The van der Waals surface area contributed by atoms with E-state index in [1.807, 2.05) is 0 Å². The molecule has 1 aliphatic rings. The molecule has 0 aromatic rings. The van der Waals surface area contributed by atoms with Crippen molar-refractivity contribution in [1.29, 1.82) is 0 Å². The maximum atomic E-state index is 9.72. The van der Waals surface area contributed by atoms with E-state index in [4.69, 9.17) is 5.73 Å². The van der Waals surface area contributed by atoms with Gasteiger partial charge in [-0.25, -0.2) is 0 Å². The highest BCUT2D eigenvalue weighted by atomic mass is 16.3. The van der Waals surface area contributed by atoms with Crippen molar-refractivity contribution in [3.05, 3.63) is 0 Å². The summed E-state index contributed by atoms with van der Waals surface area (Å²) in [7, 11) is 2.12. The first kappa shape index (κ1) is 12.0. The molecule has 3 N–H and O–H groups in total. The molecular formula is C11H24N2O. The Morgan fingerprint density at radius 2 is 2.14 bits per heavy atom. The Balaban J connectivity index is 2.11. The van der Waals surface area contributed by atoms with Crippen LogP contribution in [0.4, 0.5) is 0 Å². The lowest BCUT2D eigenvalue weighted by molar-refractivity contribution is 0.0499. The Morgan fingerprint density at radius 1 is 1.57 bits per heavy atom.